The molecule has 0 fully saturated rings. The van der Waals surface area contributed by atoms with Crippen LogP contribution in [0.2, 0.25) is 0 Å². The molecule has 0 amide bonds. The molecule has 5 heteroatoms. The molecule has 3 aromatic rings. The van der Waals surface area contributed by atoms with Crippen LogP contribution in [0.25, 0.3) is 5.52 Å². The number of hydrogen-bond acceptors (Lipinski definition) is 4. The number of rotatable bonds is 3. The van der Waals surface area contributed by atoms with E-state index in [1.54, 1.807) is 16.9 Å². The SMILES string of the molecule is Cc1cccc(C(NN)c2cnn3ccncc23)c1C. The Hall–Kier alpha value is -2.24. The molecule has 0 aliphatic heterocycles. The van der Waals surface area contributed by atoms with E-state index in [0.717, 1.165) is 16.6 Å². The van der Waals surface area contributed by atoms with Gasteiger partial charge >= 0.3 is 0 Å². The highest BCUT2D eigenvalue weighted by atomic mass is 15.3. The summed E-state index contributed by atoms with van der Waals surface area (Å²) in [5, 5.41) is 4.35. The fraction of sp³-hybridized carbons (Fsp3) is 0.200. The van der Waals surface area contributed by atoms with Gasteiger partial charge in [0.2, 0.25) is 0 Å². The standard InChI is InChI=1S/C15H17N5/c1-10-4-3-5-12(11(10)2)15(19-16)13-8-18-20-7-6-17-9-14(13)20/h3-9,15,19H,16H2,1-2H3. The largest absolute Gasteiger partial charge is 0.271 e. The minimum atomic E-state index is -0.100. The maximum Gasteiger partial charge on any atom is 0.0896 e. The van der Waals surface area contributed by atoms with Gasteiger partial charge in [0.25, 0.3) is 0 Å². The molecule has 3 N–H and O–H groups in total. The molecule has 0 saturated heterocycles. The average molecular weight is 267 g/mol. The zero-order valence-electron chi connectivity index (χ0n) is 11.5. The monoisotopic (exact) mass is 267 g/mol. The van der Waals surface area contributed by atoms with Gasteiger partial charge in [0.15, 0.2) is 0 Å². The van der Waals surface area contributed by atoms with Crippen LogP contribution in [0.1, 0.15) is 28.3 Å². The first-order valence-electron chi connectivity index (χ1n) is 6.52. The van der Waals surface area contributed by atoms with Gasteiger partial charge in [-0.1, -0.05) is 18.2 Å². The second kappa shape index (κ2) is 5.03. The summed E-state index contributed by atoms with van der Waals surface area (Å²) in [4.78, 5) is 4.17. The third-order valence-corrected chi connectivity index (χ3v) is 3.79. The van der Waals surface area contributed by atoms with Gasteiger partial charge < -0.3 is 0 Å². The lowest BCUT2D eigenvalue weighted by Gasteiger charge is -2.19. The van der Waals surface area contributed by atoms with Gasteiger partial charge in [0, 0.05) is 18.0 Å². The predicted molar refractivity (Wildman–Crippen MR) is 78.1 cm³/mol. The molecule has 0 saturated carbocycles. The maximum atomic E-state index is 5.80. The number of nitrogens with two attached hydrogens (primary N) is 1. The number of hydrazine groups is 1. The maximum absolute atomic E-state index is 5.80. The first-order valence-corrected chi connectivity index (χ1v) is 6.52. The molecule has 0 bridgehead atoms. The Morgan fingerprint density at radius 3 is 2.85 bits per heavy atom. The van der Waals surface area contributed by atoms with Gasteiger partial charge in [-0.25, -0.2) is 9.94 Å². The van der Waals surface area contributed by atoms with Gasteiger partial charge in [-0.15, -0.1) is 0 Å². The Kier molecular flexibility index (Phi) is 3.22. The highest BCUT2D eigenvalue weighted by Crippen LogP contribution is 2.28. The molecule has 1 aromatic carbocycles. The lowest BCUT2D eigenvalue weighted by atomic mass is 9.94. The van der Waals surface area contributed by atoms with E-state index in [-0.39, 0.29) is 6.04 Å². The minimum absolute atomic E-state index is 0.100. The molecule has 3 rings (SSSR count). The van der Waals surface area contributed by atoms with Crippen LogP contribution in [0.4, 0.5) is 0 Å². The van der Waals surface area contributed by atoms with E-state index in [1.165, 1.54) is 11.1 Å². The summed E-state index contributed by atoms with van der Waals surface area (Å²) in [7, 11) is 0. The highest BCUT2D eigenvalue weighted by molar-refractivity contribution is 5.56. The Balaban J connectivity index is 2.17. The van der Waals surface area contributed by atoms with Crippen LogP contribution >= 0.6 is 0 Å². The van der Waals surface area contributed by atoms with Crippen molar-refractivity contribution in [3.05, 3.63) is 65.2 Å². The van der Waals surface area contributed by atoms with Crippen molar-refractivity contribution in [2.45, 2.75) is 19.9 Å². The van der Waals surface area contributed by atoms with Crippen LogP contribution in [0.15, 0.2) is 43.0 Å². The number of nitrogens with one attached hydrogen (secondary N) is 1. The summed E-state index contributed by atoms with van der Waals surface area (Å²) in [5.74, 6) is 5.80. The second-order valence-electron chi connectivity index (χ2n) is 4.89. The zero-order valence-corrected chi connectivity index (χ0v) is 11.5. The zero-order chi connectivity index (χ0) is 14.1. The highest BCUT2D eigenvalue weighted by Gasteiger charge is 2.19. The summed E-state index contributed by atoms with van der Waals surface area (Å²) in [5.41, 5.74) is 8.52. The molecule has 2 aromatic heterocycles. The molecule has 0 aliphatic rings. The molecular weight excluding hydrogens is 250 g/mol. The number of nitrogens with zero attached hydrogens (tertiary/aromatic N) is 3. The molecule has 0 aliphatic carbocycles. The smallest absolute Gasteiger partial charge is 0.0896 e. The number of aromatic nitrogens is 3. The molecule has 1 unspecified atom stereocenters. The van der Waals surface area contributed by atoms with Crippen LogP contribution in [0.3, 0.4) is 0 Å². The Morgan fingerprint density at radius 2 is 2.05 bits per heavy atom. The van der Waals surface area contributed by atoms with Gasteiger partial charge in [-0.3, -0.25) is 10.8 Å². The molecule has 0 radical (unpaired) electrons. The molecule has 2 heterocycles. The summed E-state index contributed by atoms with van der Waals surface area (Å²) in [6, 6.07) is 6.14. The third kappa shape index (κ3) is 1.97. The normalized spacial score (nSPS) is 12.8. The lowest BCUT2D eigenvalue weighted by Crippen LogP contribution is -2.29. The average Bonchev–Trinajstić information content (AvgIpc) is 2.88. The van der Waals surface area contributed by atoms with E-state index in [9.17, 15) is 0 Å². The van der Waals surface area contributed by atoms with Gasteiger partial charge in [-0.2, -0.15) is 5.10 Å². The van der Waals surface area contributed by atoms with Crippen molar-refractivity contribution >= 4 is 5.52 Å². The van der Waals surface area contributed by atoms with Gasteiger partial charge in [0.05, 0.1) is 24.0 Å². The molecule has 5 nitrogen and oxygen atoms in total. The van der Waals surface area contributed by atoms with E-state index in [1.807, 2.05) is 18.5 Å². The van der Waals surface area contributed by atoms with E-state index < -0.39 is 0 Å². The predicted octanol–water partition coefficient (Wildman–Crippen LogP) is 1.90. The number of benzene rings is 1. The molecule has 1 atom stereocenters. The molecular formula is C15H17N5. The van der Waals surface area contributed by atoms with Crippen LogP contribution in [0, 0.1) is 13.8 Å². The first kappa shape index (κ1) is 12.8. The number of aryl methyl sites for hydroxylation is 1. The number of fused-ring (bicyclic) bond motifs is 1. The fourth-order valence-electron chi connectivity index (χ4n) is 2.51. The summed E-state index contributed by atoms with van der Waals surface area (Å²) in [6.45, 7) is 4.21. The topological polar surface area (TPSA) is 68.2 Å². The lowest BCUT2D eigenvalue weighted by molar-refractivity contribution is 0.636. The quantitative estimate of drug-likeness (QED) is 0.562. The van der Waals surface area contributed by atoms with Crippen LogP contribution in [-0.2, 0) is 0 Å². The van der Waals surface area contributed by atoms with Crippen molar-refractivity contribution in [1.29, 1.82) is 0 Å². The van der Waals surface area contributed by atoms with Gasteiger partial charge in [0.1, 0.15) is 0 Å². The Labute approximate surface area is 117 Å². The van der Waals surface area contributed by atoms with E-state index in [2.05, 4.69) is 41.5 Å². The van der Waals surface area contributed by atoms with Crippen molar-refractivity contribution in [1.82, 2.24) is 20.0 Å². The van der Waals surface area contributed by atoms with Crippen LogP contribution < -0.4 is 11.3 Å². The van der Waals surface area contributed by atoms with Gasteiger partial charge in [-0.05, 0) is 30.5 Å². The Bertz CT molecular complexity index is 747. The summed E-state index contributed by atoms with van der Waals surface area (Å²) in [6.07, 6.45) is 7.18. The molecule has 0 spiro atoms. The van der Waals surface area contributed by atoms with Crippen molar-refractivity contribution in [3.8, 4) is 0 Å². The minimum Gasteiger partial charge on any atom is -0.271 e. The van der Waals surface area contributed by atoms with Crippen molar-refractivity contribution in [2.75, 3.05) is 0 Å². The van der Waals surface area contributed by atoms with E-state index >= 15 is 0 Å². The molecule has 20 heavy (non-hydrogen) atoms. The van der Waals surface area contributed by atoms with E-state index in [0.29, 0.717) is 0 Å². The third-order valence-electron chi connectivity index (χ3n) is 3.79. The molecule has 102 valence electrons. The van der Waals surface area contributed by atoms with Crippen molar-refractivity contribution in [2.24, 2.45) is 5.84 Å². The fourth-order valence-corrected chi connectivity index (χ4v) is 2.51. The second-order valence-corrected chi connectivity index (χ2v) is 4.89. The number of hydrogen-bond donors (Lipinski definition) is 2. The summed E-state index contributed by atoms with van der Waals surface area (Å²) < 4.78 is 1.80. The van der Waals surface area contributed by atoms with Crippen molar-refractivity contribution in [3.63, 3.8) is 0 Å². The Morgan fingerprint density at radius 1 is 1.20 bits per heavy atom. The first-order chi connectivity index (χ1) is 9.72. The summed E-state index contributed by atoms with van der Waals surface area (Å²) >= 11 is 0. The van der Waals surface area contributed by atoms with Crippen LogP contribution in [0.5, 0.6) is 0 Å². The van der Waals surface area contributed by atoms with Crippen LogP contribution in [-0.4, -0.2) is 14.6 Å². The van der Waals surface area contributed by atoms with E-state index in [4.69, 9.17) is 5.84 Å². The van der Waals surface area contributed by atoms with Crippen molar-refractivity contribution < 1.29 is 0 Å².